The molecule has 1 heterocycles. The summed E-state index contributed by atoms with van der Waals surface area (Å²) in [7, 11) is -2.64. The van der Waals surface area contributed by atoms with E-state index in [-0.39, 0.29) is 5.25 Å². The lowest BCUT2D eigenvalue weighted by molar-refractivity contribution is 0.424. The molecule has 0 aromatic rings. The molecule has 3 heteroatoms. The number of hydrogen-bond donors (Lipinski definition) is 0. The summed E-state index contributed by atoms with van der Waals surface area (Å²) in [6.45, 7) is 0. The van der Waals surface area contributed by atoms with Crippen LogP contribution >= 0.6 is 0 Å². The van der Waals surface area contributed by atoms with Gasteiger partial charge in [0.1, 0.15) is 0 Å². The molecule has 2 aliphatic carbocycles. The second-order valence-corrected chi connectivity index (χ2v) is 6.11. The topological polar surface area (TPSA) is 34.1 Å². The lowest BCUT2D eigenvalue weighted by atomic mass is 9.94. The van der Waals surface area contributed by atoms with Crippen molar-refractivity contribution in [2.24, 2.45) is 17.8 Å². The van der Waals surface area contributed by atoms with Crippen molar-refractivity contribution in [3.63, 3.8) is 0 Å². The Morgan fingerprint density at radius 2 is 1.91 bits per heavy atom. The minimum absolute atomic E-state index is 0.0255. The lowest BCUT2D eigenvalue weighted by Crippen LogP contribution is -2.49. The fourth-order valence-electron chi connectivity index (χ4n) is 2.89. The third-order valence-corrected chi connectivity index (χ3v) is 5.76. The van der Waals surface area contributed by atoms with Crippen molar-refractivity contribution < 1.29 is 8.42 Å². The van der Waals surface area contributed by atoms with Gasteiger partial charge in [0, 0.05) is 0 Å². The van der Waals surface area contributed by atoms with Crippen LogP contribution in [0.25, 0.3) is 0 Å². The van der Waals surface area contributed by atoms with E-state index in [0.717, 1.165) is 6.42 Å². The molecular weight excluding hydrogens is 160 g/mol. The zero-order chi connectivity index (χ0) is 7.64. The minimum Gasteiger partial charge on any atom is -0.229 e. The first-order valence-corrected chi connectivity index (χ1v) is 5.80. The molecule has 1 aliphatic heterocycles. The van der Waals surface area contributed by atoms with Gasteiger partial charge in [-0.15, -0.1) is 0 Å². The fraction of sp³-hybridized carbons (Fsp3) is 0.750. The molecule has 0 aromatic carbocycles. The van der Waals surface area contributed by atoms with E-state index in [0.29, 0.717) is 23.5 Å². The SMILES string of the molecule is O=S1(=O)C[C@H]2[C@@H]1[C@@H]1C=C[C@H]2C1. The van der Waals surface area contributed by atoms with Gasteiger partial charge in [-0.05, 0) is 24.2 Å². The summed E-state index contributed by atoms with van der Waals surface area (Å²) in [5.41, 5.74) is 0. The minimum atomic E-state index is -2.64. The van der Waals surface area contributed by atoms with Crippen LogP contribution in [0.15, 0.2) is 12.2 Å². The Balaban J connectivity index is 2.09. The highest BCUT2D eigenvalue weighted by molar-refractivity contribution is 7.93. The van der Waals surface area contributed by atoms with E-state index in [9.17, 15) is 8.42 Å². The van der Waals surface area contributed by atoms with E-state index in [1.807, 2.05) is 0 Å². The predicted octanol–water partition coefficient (Wildman–Crippen LogP) is 0.606. The van der Waals surface area contributed by atoms with E-state index in [2.05, 4.69) is 12.2 Å². The van der Waals surface area contributed by atoms with Crippen LogP contribution in [-0.2, 0) is 9.84 Å². The maximum absolute atomic E-state index is 11.3. The molecule has 2 bridgehead atoms. The average molecular weight is 170 g/mol. The van der Waals surface area contributed by atoms with Gasteiger partial charge in [0.2, 0.25) is 0 Å². The van der Waals surface area contributed by atoms with Crippen molar-refractivity contribution in [1.82, 2.24) is 0 Å². The summed E-state index contributed by atoms with van der Waals surface area (Å²) in [5, 5.41) is 0.0255. The molecule has 0 unspecified atom stereocenters. The largest absolute Gasteiger partial charge is 0.229 e. The van der Waals surface area contributed by atoms with E-state index in [1.54, 1.807) is 0 Å². The molecule has 2 nitrogen and oxygen atoms in total. The molecule has 0 spiro atoms. The summed E-state index contributed by atoms with van der Waals surface area (Å²) in [5.74, 6) is 1.94. The molecule has 0 aromatic heterocycles. The Hall–Kier alpha value is -0.310. The van der Waals surface area contributed by atoms with Crippen molar-refractivity contribution >= 4 is 9.84 Å². The summed E-state index contributed by atoms with van der Waals surface area (Å²) in [6, 6.07) is 0. The highest BCUT2D eigenvalue weighted by Crippen LogP contribution is 2.53. The van der Waals surface area contributed by atoms with Crippen LogP contribution in [0, 0.1) is 17.8 Å². The first kappa shape index (κ1) is 6.23. The molecular formula is C8H10O2S. The standard InChI is InChI=1S/C8H10O2S/c9-11(10)4-7-5-1-2-6(3-5)8(7)11/h1-2,5-8H,3-4H2/t5-,6+,7+,8-/m0/s1. The van der Waals surface area contributed by atoms with Gasteiger partial charge in [-0.25, -0.2) is 8.42 Å². The van der Waals surface area contributed by atoms with Crippen LogP contribution < -0.4 is 0 Å². The first-order chi connectivity index (χ1) is 5.18. The van der Waals surface area contributed by atoms with Crippen LogP contribution in [0.3, 0.4) is 0 Å². The first-order valence-electron chi connectivity index (χ1n) is 4.08. The molecule has 4 atom stereocenters. The Kier molecular flexibility index (Phi) is 0.881. The zero-order valence-corrected chi connectivity index (χ0v) is 6.92. The van der Waals surface area contributed by atoms with Crippen LogP contribution in [0.2, 0.25) is 0 Å². The van der Waals surface area contributed by atoms with E-state index in [1.165, 1.54) is 0 Å². The van der Waals surface area contributed by atoms with Crippen LogP contribution in [0.5, 0.6) is 0 Å². The number of hydrogen-bond acceptors (Lipinski definition) is 2. The number of rotatable bonds is 0. The van der Waals surface area contributed by atoms with Crippen LogP contribution in [-0.4, -0.2) is 19.4 Å². The summed E-state index contributed by atoms with van der Waals surface area (Å²) in [4.78, 5) is 0. The predicted molar refractivity (Wildman–Crippen MR) is 41.8 cm³/mol. The highest BCUT2D eigenvalue weighted by Gasteiger charge is 2.58. The Bertz CT molecular complexity index is 328. The van der Waals surface area contributed by atoms with Crippen molar-refractivity contribution in [2.45, 2.75) is 11.7 Å². The summed E-state index contributed by atoms with van der Waals surface area (Å²) >= 11 is 0. The summed E-state index contributed by atoms with van der Waals surface area (Å²) < 4.78 is 22.5. The van der Waals surface area contributed by atoms with E-state index < -0.39 is 9.84 Å². The third kappa shape index (κ3) is 0.571. The molecule has 0 radical (unpaired) electrons. The Morgan fingerprint density at radius 1 is 1.18 bits per heavy atom. The Morgan fingerprint density at radius 3 is 2.45 bits per heavy atom. The average Bonchev–Trinajstić information content (AvgIpc) is 2.41. The van der Waals surface area contributed by atoms with E-state index in [4.69, 9.17) is 0 Å². The smallest absolute Gasteiger partial charge is 0.154 e. The van der Waals surface area contributed by atoms with Crippen molar-refractivity contribution in [1.29, 1.82) is 0 Å². The molecule has 0 amide bonds. The van der Waals surface area contributed by atoms with Crippen molar-refractivity contribution in [2.75, 3.05) is 5.75 Å². The molecule has 60 valence electrons. The molecule has 3 rings (SSSR count). The van der Waals surface area contributed by atoms with Gasteiger partial charge < -0.3 is 0 Å². The van der Waals surface area contributed by atoms with Crippen molar-refractivity contribution in [3.05, 3.63) is 12.2 Å². The Labute approximate surface area is 66.2 Å². The fourth-order valence-corrected chi connectivity index (χ4v) is 5.31. The highest BCUT2D eigenvalue weighted by atomic mass is 32.2. The zero-order valence-electron chi connectivity index (χ0n) is 6.10. The summed E-state index contributed by atoms with van der Waals surface area (Å²) in [6.07, 6.45) is 5.41. The van der Waals surface area contributed by atoms with Crippen LogP contribution in [0.4, 0.5) is 0 Å². The number of fused-ring (bicyclic) bond motifs is 5. The molecule has 1 saturated carbocycles. The second kappa shape index (κ2) is 1.56. The van der Waals surface area contributed by atoms with Gasteiger partial charge in [-0.1, -0.05) is 12.2 Å². The van der Waals surface area contributed by atoms with Crippen molar-refractivity contribution in [3.8, 4) is 0 Å². The van der Waals surface area contributed by atoms with E-state index >= 15 is 0 Å². The molecule has 3 aliphatic rings. The van der Waals surface area contributed by atoms with Gasteiger partial charge >= 0.3 is 0 Å². The molecule has 0 N–H and O–H groups in total. The van der Waals surface area contributed by atoms with Crippen LogP contribution in [0.1, 0.15) is 6.42 Å². The molecule has 11 heavy (non-hydrogen) atoms. The number of allylic oxidation sites excluding steroid dienone is 2. The van der Waals surface area contributed by atoms with Gasteiger partial charge in [0.15, 0.2) is 9.84 Å². The molecule has 1 saturated heterocycles. The molecule has 2 fully saturated rings. The quantitative estimate of drug-likeness (QED) is 0.499. The lowest BCUT2D eigenvalue weighted by Gasteiger charge is -2.36. The number of sulfone groups is 1. The normalized spacial score (nSPS) is 55.6. The van der Waals surface area contributed by atoms with Gasteiger partial charge in [-0.2, -0.15) is 0 Å². The third-order valence-electron chi connectivity index (χ3n) is 3.38. The maximum Gasteiger partial charge on any atom is 0.154 e. The van der Waals surface area contributed by atoms with Gasteiger partial charge in [-0.3, -0.25) is 0 Å². The maximum atomic E-state index is 11.3. The second-order valence-electron chi connectivity index (χ2n) is 3.91. The monoisotopic (exact) mass is 170 g/mol. The van der Waals surface area contributed by atoms with Gasteiger partial charge in [0.05, 0.1) is 11.0 Å². The van der Waals surface area contributed by atoms with Gasteiger partial charge in [0.25, 0.3) is 0 Å².